The maximum atomic E-state index is 11.4. The molecule has 1 aromatic heterocycles. The van der Waals surface area contributed by atoms with Gasteiger partial charge in [0.05, 0.1) is 11.4 Å². The average molecular weight is 165 g/mol. The van der Waals surface area contributed by atoms with Gasteiger partial charge in [-0.2, -0.15) is 0 Å². The van der Waals surface area contributed by atoms with Gasteiger partial charge in [-0.25, -0.2) is 0 Å². The Morgan fingerprint density at radius 1 is 1.42 bits per heavy atom. The largest absolute Gasteiger partial charge is 0.397 e. The molecule has 4 N–H and O–H groups in total. The highest BCUT2D eigenvalue weighted by molar-refractivity contribution is 5.48. The number of anilines is 2. The molecule has 2 rings (SSSR count). The molecule has 1 aliphatic carbocycles. The summed E-state index contributed by atoms with van der Waals surface area (Å²) in [4.78, 5) is 11.4. The molecule has 4 heteroatoms. The molecule has 0 aliphatic heterocycles. The van der Waals surface area contributed by atoms with Crippen LogP contribution in [0.1, 0.15) is 18.9 Å². The van der Waals surface area contributed by atoms with Crippen molar-refractivity contribution in [2.45, 2.75) is 18.9 Å². The van der Waals surface area contributed by atoms with Crippen molar-refractivity contribution in [3.8, 4) is 0 Å². The third-order valence-electron chi connectivity index (χ3n) is 2.03. The number of hydrogen-bond donors (Lipinski definition) is 2. The van der Waals surface area contributed by atoms with Crippen LogP contribution in [-0.2, 0) is 0 Å². The van der Waals surface area contributed by atoms with Crippen LogP contribution in [0.3, 0.4) is 0 Å². The van der Waals surface area contributed by atoms with Crippen LogP contribution in [0.4, 0.5) is 11.4 Å². The van der Waals surface area contributed by atoms with Gasteiger partial charge in [-0.3, -0.25) is 4.79 Å². The molecule has 1 aliphatic rings. The Kier molecular flexibility index (Phi) is 1.36. The van der Waals surface area contributed by atoms with Crippen LogP contribution in [0.25, 0.3) is 0 Å². The molecule has 1 heterocycles. The number of nitrogens with zero attached hydrogens (tertiary/aromatic N) is 1. The van der Waals surface area contributed by atoms with Gasteiger partial charge < -0.3 is 16.0 Å². The molecule has 1 saturated carbocycles. The zero-order chi connectivity index (χ0) is 8.72. The summed E-state index contributed by atoms with van der Waals surface area (Å²) < 4.78 is 1.63. The van der Waals surface area contributed by atoms with Crippen molar-refractivity contribution in [2.75, 3.05) is 11.5 Å². The van der Waals surface area contributed by atoms with Crippen LogP contribution in [0.2, 0.25) is 0 Å². The summed E-state index contributed by atoms with van der Waals surface area (Å²) in [6.07, 6.45) is 3.78. The summed E-state index contributed by atoms with van der Waals surface area (Å²) in [5, 5.41) is 0. The molecule has 0 aromatic carbocycles. The van der Waals surface area contributed by atoms with E-state index in [2.05, 4.69) is 0 Å². The lowest BCUT2D eigenvalue weighted by Crippen LogP contribution is -2.22. The second kappa shape index (κ2) is 2.27. The Morgan fingerprint density at radius 3 is 2.67 bits per heavy atom. The highest BCUT2D eigenvalue weighted by Crippen LogP contribution is 2.33. The first kappa shape index (κ1) is 7.21. The van der Waals surface area contributed by atoms with Crippen molar-refractivity contribution in [3.05, 3.63) is 22.6 Å². The fourth-order valence-electron chi connectivity index (χ4n) is 1.27. The first-order valence-electron chi connectivity index (χ1n) is 3.95. The highest BCUT2D eigenvalue weighted by Gasteiger charge is 2.24. The number of nitrogen functional groups attached to an aromatic ring is 2. The molecular formula is C8H11N3O. The van der Waals surface area contributed by atoms with Crippen molar-refractivity contribution < 1.29 is 0 Å². The molecule has 0 spiro atoms. The van der Waals surface area contributed by atoms with E-state index in [9.17, 15) is 4.79 Å². The van der Waals surface area contributed by atoms with E-state index in [1.165, 1.54) is 6.07 Å². The van der Waals surface area contributed by atoms with Crippen molar-refractivity contribution in [3.63, 3.8) is 0 Å². The Morgan fingerprint density at radius 2 is 2.08 bits per heavy atom. The van der Waals surface area contributed by atoms with Crippen molar-refractivity contribution in [1.29, 1.82) is 0 Å². The fraction of sp³-hybridized carbons (Fsp3) is 0.375. The van der Waals surface area contributed by atoms with Crippen molar-refractivity contribution in [1.82, 2.24) is 4.57 Å². The minimum Gasteiger partial charge on any atom is -0.397 e. The van der Waals surface area contributed by atoms with Crippen LogP contribution in [0.5, 0.6) is 0 Å². The van der Waals surface area contributed by atoms with Gasteiger partial charge in [0.1, 0.15) is 0 Å². The summed E-state index contributed by atoms with van der Waals surface area (Å²) in [6, 6.07) is 1.84. The third-order valence-corrected chi connectivity index (χ3v) is 2.03. The first-order valence-corrected chi connectivity index (χ1v) is 3.95. The summed E-state index contributed by atoms with van der Waals surface area (Å²) in [5.74, 6) is 0. The number of nitrogens with two attached hydrogens (primary N) is 2. The lowest BCUT2D eigenvalue weighted by molar-refractivity contribution is 0.711. The van der Waals surface area contributed by atoms with E-state index >= 15 is 0 Å². The van der Waals surface area contributed by atoms with E-state index < -0.39 is 0 Å². The lowest BCUT2D eigenvalue weighted by Gasteiger charge is -2.05. The molecule has 64 valence electrons. The van der Waals surface area contributed by atoms with Crippen molar-refractivity contribution in [2.24, 2.45) is 0 Å². The van der Waals surface area contributed by atoms with Crippen LogP contribution in [0.15, 0.2) is 17.1 Å². The van der Waals surface area contributed by atoms with Gasteiger partial charge in [0.15, 0.2) is 0 Å². The summed E-state index contributed by atoms with van der Waals surface area (Å²) in [5.41, 5.74) is 11.7. The zero-order valence-electron chi connectivity index (χ0n) is 6.66. The average Bonchev–Trinajstić information content (AvgIpc) is 2.79. The summed E-state index contributed by atoms with van der Waals surface area (Å²) >= 11 is 0. The zero-order valence-corrected chi connectivity index (χ0v) is 6.66. The standard InChI is InChI=1S/C8H11N3O/c9-5-3-7(10)8(12)11(4-5)6-1-2-6/h3-4,6H,1-2,9-10H2. The molecule has 0 unspecified atom stereocenters. The monoisotopic (exact) mass is 165 g/mol. The number of aromatic nitrogens is 1. The van der Waals surface area contributed by atoms with E-state index in [0.717, 1.165) is 12.8 Å². The topological polar surface area (TPSA) is 74.0 Å². The van der Waals surface area contributed by atoms with Crippen LogP contribution in [0, 0.1) is 0 Å². The molecule has 1 fully saturated rings. The molecule has 0 saturated heterocycles. The molecule has 1 aromatic rings. The second-order valence-corrected chi connectivity index (χ2v) is 3.17. The second-order valence-electron chi connectivity index (χ2n) is 3.17. The SMILES string of the molecule is Nc1cc(N)c(=O)n(C2CC2)c1. The summed E-state index contributed by atoms with van der Waals surface area (Å²) in [7, 11) is 0. The van der Waals surface area contributed by atoms with Crippen LogP contribution in [-0.4, -0.2) is 4.57 Å². The maximum Gasteiger partial charge on any atom is 0.274 e. The molecule has 4 nitrogen and oxygen atoms in total. The Bertz CT molecular complexity index is 365. The Labute approximate surface area is 69.8 Å². The molecule has 12 heavy (non-hydrogen) atoms. The van der Waals surface area contributed by atoms with E-state index in [0.29, 0.717) is 11.7 Å². The molecule has 0 radical (unpaired) electrons. The molecule has 0 amide bonds. The Hall–Kier alpha value is -1.45. The van der Waals surface area contributed by atoms with Gasteiger partial charge in [0, 0.05) is 12.2 Å². The summed E-state index contributed by atoms with van der Waals surface area (Å²) in [6.45, 7) is 0. The molecule has 0 bridgehead atoms. The molecule has 0 atom stereocenters. The van der Waals surface area contributed by atoms with Gasteiger partial charge in [0.2, 0.25) is 0 Å². The van der Waals surface area contributed by atoms with E-state index in [1.54, 1.807) is 10.8 Å². The van der Waals surface area contributed by atoms with E-state index in [1.807, 2.05) is 0 Å². The minimum atomic E-state index is -0.119. The number of pyridine rings is 1. The van der Waals surface area contributed by atoms with Gasteiger partial charge in [-0.1, -0.05) is 0 Å². The van der Waals surface area contributed by atoms with Crippen molar-refractivity contribution >= 4 is 11.4 Å². The van der Waals surface area contributed by atoms with Gasteiger partial charge in [0.25, 0.3) is 5.56 Å². The predicted octanol–water partition coefficient (Wildman–Crippen LogP) is 0.348. The quantitative estimate of drug-likeness (QED) is 0.630. The lowest BCUT2D eigenvalue weighted by atomic mass is 10.3. The van der Waals surface area contributed by atoms with Gasteiger partial charge >= 0.3 is 0 Å². The number of hydrogen-bond acceptors (Lipinski definition) is 3. The first-order chi connectivity index (χ1) is 5.68. The number of rotatable bonds is 1. The normalized spacial score (nSPS) is 16.3. The van der Waals surface area contributed by atoms with E-state index in [-0.39, 0.29) is 11.2 Å². The smallest absolute Gasteiger partial charge is 0.274 e. The minimum absolute atomic E-state index is 0.119. The van der Waals surface area contributed by atoms with Gasteiger partial charge in [-0.05, 0) is 18.9 Å². The third kappa shape index (κ3) is 1.05. The fourth-order valence-corrected chi connectivity index (χ4v) is 1.27. The Balaban J connectivity index is 2.58. The maximum absolute atomic E-state index is 11.4. The predicted molar refractivity (Wildman–Crippen MR) is 47.8 cm³/mol. The van der Waals surface area contributed by atoms with Gasteiger partial charge in [-0.15, -0.1) is 0 Å². The molecular weight excluding hydrogens is 154 g/mol. The van der Waals surface area contributed by atoms with Crippen LogP contribution < -0.4 is 17.0 Å². The van der Waals surface area contributed by atoms with Crippen LogP contribution >= 0.6 is 0 Å². The highest BCUT2D eigenvalue weighted by atomic mass is 16.1. The van der Waals surface area contributed by atoms with E-state index in [4.69, 9.17) is 11.5 Å².